The molecule has 0 aromatic heterocycles. The Labute approximate surface area is 183 Å². The smallest absolute Gasteiger partial charge is 0.340 e. The number of anilines is 1. The van der Waals surface area contributed by atoms with Gasteiger partial charge in [-0.2, -0.15) is 4.31 Å². The predicted molar refractivity (Wildman–Crippen MR) is 114 cm³/mol. The number of esters is 1. The number of halogens is 1. The number of carbonyl (C=O) groups excluding carboxylic acids is 2. The maximum absolute atomic E-state index is 12.9. The van der Waals surface area contributed by atoms with Crippen molar-refractivity contribution in [3.8, 4) is 5.75 Å². The molecule has 0 spiro atoms. The third kappa shape index (κ3) is 4.50. The number of methoxy groups -OCH3 is 2. The largest absolute Gasteiger partial charge is 0.497 e. The van der Waals surface area contributed by atoms with Crippen molar-refractivity contribution < 1.29 is 27.5 Å². The van der Waals surface area contributed by atoms with Gasteiger partial charge in [-0.1, -0.05) is 0 Å². The Kier molecular flexibility index (Phi) is 6.79. The molecule has 1 N–H and O–H groups in total. The Balaban J connectivity index is 1.94. The Hall–Kier alpha value is -2.43. The number of nitrogens with one attached hydrogen (secondary N) is 1. The lowest BCUT2D eigenvalue weighted by Gasteiger charge is -2.17. The second kappa shape index (κ2) is 9.15. The molecular weight excluding hydrogens is 476 g/mol. The summed E-state index contributed by atoms with van der Waals surface area (Å²) in [5.41, 5.74) is 0.455. The van der Waals surface area contributed by atoms with Crippen LogP contribution in [0, 0.1) is 0 Å². The van der Waals surface area contributed by atoms with E-state index >= 15 is 0 Å². The lowest BCUT2D eigenvalue weighted by Crippen LogP contribution is -2.28. The van der Waals surface area contributed by atoms with E-state index in [0.29, 0.717) is 23.3 Å². The molecular formula is C20H21BrN2O6S. The van der Waals surface area contributed by atoms with Crippen molar-refractivity contribution in [1.29, 1.82) is 0 Å². The van der Waals surface area contributed by atoms with Gasteiger partial charge in [-0.05, 0) is 65.2 Å². The highest BCUT2D eigenvalue weighted by Crippen LogP contribution is 2.28. The van der Waals surface area contributed by atoms with Crippen molar-refractivity contribution in [2.45, 2.75) is 17.7 Å². The summed E-state index contributed by atoms with van der Waals surface area (Å²) >= 11 is 3.30. The molecule has 2 aromatic carbocycles. The van der Waals surface area contributed by atoms with Gasteiger partial charge in [0.1, 0.15) is 5.75 Å². The molecule has 1 heterocycles. The van der Waals surface area contributed by atoms with Crippen LogP contribution in [0.5, 0.6) is 5.75 Å². The lowest BCUT2D eigenvalue weighted by atomic mass is 10.1. The second-order valence-corrected chi connectivity index (χ2v) is 9.40. The van der Waals surface area contributed by atoms with E-state index in [-0.39, 0.29) is 21.7 Å². The van der Waals surface area contributed by atoms with Gasteiger partial charge in [0.2, 0.25) is 10.0 Å². The number of amides is 1. The molecule has 1 amide bonds. The van der Waals surface area contributed by atoms with Crippen molar-refractivity contribution in [2.24, 2.45) is 0 Å². The van der Waals surface area contributed by atoms with E-state index in [1.165, 1.54) is 48.9 Å². The van der Waals surface area contributed by atoms with E-state index in [4.69, 9.17) is 9.47 Å². The summed E-state index contributed by atoms with van der Waals surface area (Å²) in [5.74, 6) is -0.794. The summed E-state index contributed by atoms with van der Waals surface area (Å²) in [6.45, 7) is 0.933. The Bertz CT molecular complexity index is 1080. The van der Waals surface area contributed by atoms with Gasteiger partial charge in [-0.15, -0.1) is 0 Å². The molecule has 0 atom stereocenters. The fourth-order valence-electron chi connectivity index (χ4n) is 3.14. The maximum atomic E-state index is 12.9. The number of sulfonamides is 1. The summed E-state index contributed by atoms with van der Waals surface area (Å²) in [6.07, 6.45) is 1.63. The van der Waals surface area contributed by atoms with Crippen molar-refractivity contribution >= 4 is 43.5 Å². The topological polar surface area (TPSA) is 102 Å². The van der Waals surface area contributed by atoms with Crippen LogP contribution < -0.4 is 10.1 Å². The third-order valence-electron chi connectivity index (χ3n) is 4.77. The fraction of sp³-hybridized carbons (Fsp3) is 0.300. The number of hydrogen-bond donors (Lipinski definition) is 1. The summed E-state index contributed by atoms with van der Waals surface area (Å²) in [4.78, 5) is 25.1. The summed E-state index contributed by atoms with van der Waals surface area (Å²) in [6, 6.07) is 8.86. The van der Waals surface area contributed by atoms with Crippen LogP contribution in [0.2, 0.25) is 0 Å². The van der Waals surface area contributed by atoms with Crippen molar-refractivity contribution in [2.75, 3.05) is 32.6 Å². The predicted octanol–water partition coefficient (Wildman–Crippen LogP) is 3.28. The lowest BCUT2D eigenvalue weighted by molar-refractivity contribution is 0.0601. The molecule has 0 radical (unpaired) electrons. The van der Waals surface area contributed by atoms with Crippen LogP contribution in [0.4, 0.5) is 5.69 Å². The van der Waals surface area contributed by atoms with Crippen LogP contribution in [0.3, 0.4) is 0 Å². The summed E-state index contributed by atoms with van der Waals surface area (Å²) < 4.78 is 37.4. The number of carbonyl (C=O) groups is 2. The van der Waals surface area contributed by atoms with E-state index < -0.39 is 21.9 Å². The highest BCUT2D eigenvalue weighted by molar-refractivity contribution is 9.10. The van der Waals surface area contributed by atoms with Gasteiger partial charge < -0.3 is 14.8 Å². The molecule has 0 aliphatic carbocycles. The highest BCUT2D eigenvalue weighted by atomic mass is 79.9. The van der Waals surface area contributed by atoms with Crippen LogP contribution >= 0.6 is 15.9 Å². The van der Waals surface area contributed by atoms with E-state index in [2.05, 4.69) is 21.2 Å². The van der Waals surface area contributed by atoms with Gasteiger partial charge in [-0.25, -0.2) is 13.2 Å². The SMILES string of the molecule is COC(=O)c1cc(OC)ccc1NC(=O)c1cc(S(=O)(=O)N2CCCC2)ccc1Br. The number of benzene rings is 2. The Morgan fingerprint density at radius 1 is 1.03 bits per heavy atom. The zero-order valence-electron chi connectivity index (χ0n) is 16.5. The van der Waals surface area contributed by atoms with Gasteiger partial charge in [0, 0.05) is 17.6 Å². The van der Waals surface area contributed by atoms with Crippen LogP contribution in [0.25, 0.3) is 0 Å². The number of rotatable bonds is 6. The molecule has 30 heavy (non-hydrogen) atoms. The molecule has 160 valence electrons. The van der Waals surface area contributed by atoms with Gasteiger partial charge in [0.25, 0.3) is 5.91 Å². The molecule has 0 bridgehead atoms. The van der Waals surface area contributed by atoms with E-state index in [1.807, 2.05) is 0 Å². The Morgan fingerprint density at radius 3 is 2.37 bits per heavy atom. The number of ether oxygens (including phenoxy) is 2. The first kappa shape index (κ1) is 22.3. The van der Waals surface area contributed by atoms with E-state index in [9.17, 15) is 18.0 Å². The average Bonchev–Trinajstić information content (AvgIpc) is 3.29. The van der Waals surface area contributed by atoms with Crippen molar-refractivity contribution in [3.63, 3.8) is 0 Å². The number of hydrogen-bond acceptors (Lipinski definition) is 6. The van der Waals surface area contributed by atoms with Crippen LogP contribution in [-0.2, 0) is 14.8 Å². The number of nitrogens with zero attached hydrogens (tertiary/aromatic N) is 1. The second-order valence-electron chi connectivity index (χ2n) is 6.61. The quantitative estimate of drug-likeness (QED) is 0.615. The molecule has 1 aliphatic rings. The Morgan fingerprint density at radius 2 is 1.73 bits per heavy atom. The first-order chi connectivity index (χ1) is 14.3. The standard InChI is InChI=1S/C20H21BrN2O6S/c1-28-13-5-8-18(16(11-13)20(25)29-2)22-19(24)15-12-14(6-7-17(15)21)30(26,27)23-9-3-4-10-23/h5-8,11-12H,3-4,9-10H2,1-2H3,(H,22,24). The minimum absolute atomic E-state index is 0.0423. The molecule has 1 fully saturated rings. The molecule has 3 rings (SSSR count). The minimum Gasteiger partial charge on any atom is -0.497 e. The van der Waals surface area contributed by atoms with Gasteiger partial charge in [-0.3, -0.25) is 4.79 Å². The summed E-state index contributed by atoms with van der Waals surface area (Å²) in [5, 5.41) is 2.65. The first-order valence-corrected chi connectivity index (χ1v) is 11.4. The maximum Gasteiger partial charge on any atom is 0.340 e. The molecule has 0 saturated carbocycles. The highest BCUT2D eigenvalue weighted by Gasteiger charge is 2.28. The summed E-state index contributed by atoms with van der Waals surface area (Å²) in [7, 11) is -0.988. The van der Waals surface area contributed by atoms with Crippen LogP contribution in [-0.4, -0.2) is 51.9 Å². The molecule has 10 heteroatoms. The van der Waals surface area contributed by atoms with Crippen LogP contribution in [0.15, 0.2) is 45.8 Å². The first-order valence-electron chi connectivity index (χ1n) is 9.15. The molecule has 8 nitrogen and oxygen atoms in total. The van der Waals surface area contributed by atoms with Gasteiger partial charge >= 0.3 is 5.97 Å². The zero-order chi connectivity index (χ0) is 21.9. The van der Waals surface area contributed by atoms with Crippen LogP contribution in [0.1, 0.15) is 33.6 Å². The zero-order valence-corrected chi connectivity index (χ0v) is 18.9. The monoisotopic (exact) mass is 496 g/mol. The van der Waals surface area contributed by atoms with Crippen molar-refractivity contribution in [3.05, 3.63) is 52.0 Å². The molecule has 0 unspecified atom stereocenters. The third-order valence-corrected chi connectivity index (χ3v) is 7.35. The fourth-order valence-corrected chi connectivity index (χ4v) is 5.11. The minimum atomic E-state index is -3.68. The molecule has 1 saturated heterocycles. The molecule has 1 aliphatic heterocycles. The van der Waals surface area contributed by atoms with Gasteiger partial charge in [0.05, 0.1) is 35.9 Å². The normalized spacial score (nSPS) is 14.4. The van der Waals surface area contributed by atoms with E-state index in [0.717, 1.165) is 12.8 Å². The molecule has 2 aromatic rings. The van der Waals surface area contributed by atoms with Crippen molar-refractivity contribution in [1.82, 2.24) is 4.31 Å². The van der Waals surface area contributed by atoms with E-state index in [1.54, 1.807) is 6.07 Å². The average molecular weight is 497 g/mol. The van der Waals surface area contributed by atoms with Gasteiger partial charge in [0.15, 0.2) is 0 Å².